The van der Waals surface area contributed by atoms with Gasteiger partial charge in [0.2, 0.25) is 5.91 Å². The second-order valence-corrected chi connectivity index (χ2v) is 6.47. The Hall–Kier alpha value is -1.36. The van der Waals surface area contributed by atoms with E-state index in [2.05, 4.69) is 24.1 Å². The van der Waals surface area contributed by atoms with Crippen LogP contribution in [0.25, 0.3) is 5.57 Å². The fourth-order valence-corrected chi connectivity index (χ4v) is 3.15. The van der Waals surface area contributed by atoms with E-state index in [0.717, 1.165) is 30.9 Å². The Labute approximate surface area is 143 Å². The molecule has 1 amide bonds. The summed E-state index contributed by atoms with van der Waals surface area (Å²) in [4.78, 5) is 14.5. The highest BCUT2D eigenvalue weighted by Gasteiger charge is 2.23. The molecule has 1 saturated heterocycles. The molecule has 126 valence electrons. The Morgan fingerprint density at radius 3 is 2.96 bits per heavy atom. The predicted molar refractivity (Wildman–Crippen MR) is 94.6 cm³/mol. The third-order valence-corrected chi connectivity index (χ3v) is 4.53. The molecule has 2 atom stereocenters. The maximum Gasteiger partial charge on any atom is 0.244 e. The number of morpholine rings is 1. The van der Waals surface area contributed by atoms with Gasteiger partial charge in [-0.2, -0.15) is 0 Å². The van der Waals surface area contributed by atoms with Crippen LogP contribution < -0.4 is 5.32 Å². The lowest BCUT2D eigenvalue weighted by Gasteiger charge is -2.37. The molecule has 1 N–H and O–H groups in total. The zero-order chi connectivity index (χ0) is 16.8. The van der Waals surface area contributed by atoms with Crippen LogP contribution in [-0.4, -0.2) is 49.2 Å². The van der Waals surface area contributed by atoms with Gasteiger partial charge in [0.05, 0.1) is 13.2 Å². The van der Waals surface area contributed by atoms with Crippen molar-refractivity contribution in [2.24, 2.45) is 0 Å². The predicted octanol–water partition coefficient (Wildman–Crippen LogP) is 2.97. The molecule has 0 saturated carbocycles. The molecule has 1 aliphatic rings. The van der Waals surface area contributed by atoms with Crippen LogP contribution in [0.3, 0.4) is 0 Å². The first-order valence-electron chi connectivity index (χ1n) is 8.03. The van der Waals surface area contributed by atoms with E-state index in [1.165, 1.54) is 0 Å². The van der Waals surface area contributed by atoms with Crippen LogP contribution in [0.4, 0.5) is 0 Å². The minimum atomic E-state index is -0.0878. The SMILES string of the molecule is C/C(=C/C(=O)NCC(C)N1CCOCC1C)c1ccccc1Cl. The van der Waals surface area contributed by atoms with Crippen molar-refractivity contribution < 1.29 is 9.53 Å². The van der Waals surface area contributed by atoms with Crippen molar-refractivity contribution in [2.75, 3.05) is 26.3 Å². The second-order valence-electron chi connectivity index (χ2n) is 6.06. The Bertz CT molecular complexity index is 574. The molecule has 2 unspecified atom stereocenters. The number of carbonyl (C=O) groups is 1. The molecule has 23 heavy (non-hydrogen) atoms. The summed E-state index contributed by atoms with van der Waals surface area (Å²) >= 11 is 6.16. The highest BCUT2D eigenvalue weighted by molar-refractivity contribution is 6.32. The molecule has 1 aliphatic heterocycles. The second kappa shape index (κ2) is 8.48. The molecule has 5 heteroatoms. The smallest absolute Gasteiger partial charge is 0.244 e. The molecule has 0 radical (unpaired) electrons. The van der Waals surface area contributed by atoms with Crippen molar-refractivity contribution >= 4 is 23.1 Å². The normalized spacial score (nSPS) is 21.0. The molecule has 1 aromatic carbocycles. The van der Waals surface area contributed by atoms with E-state index in [1.807, 2.05) is 31.2 Å². The molecule has 0 aromatic heterocycles. The lowest BCUT2D eigenvalue weighted by atomic mass is 10.1. The maximum atomic E-state index is 12.1. The van der Waals surface area contributed by atoms with Crippen molar-refractivity contribution in [3.8, 4) is 0 Å². The van der Waals surface area contributed by atoms with Crippen molar-refractivity contribution in [1.82, 2.24) is 10.2 Å². The number of amides is 1. The summed E-state index contributed by atoms with van der Waals surface area (Å²) in [5.41, 5.74) is 1.75. The average Bonchev–Trinajstić information content (AvgIpc) is 2.53. The minimum Gasteiger partial charge on any atom is -0.379 e. The first-order valence-corrected chi connectivity index (χ1v) is 8.41. The van der Waals surface area contributed by atoms with Gasteiger partial charge in [0, 0.05) is 36.3 Å². The van der Waals surface area contributed by atoms with Gasteiger partial charge >= 0.3 is 0 Å². The van der Waals surface area contributed by atoms with E-state index in [1.54, 1.807) is 6.08 Å². The first kappa shape index (κ1) is 18.0. The molecule has 2 rings (SSSR count). The fourth-order valence-electron chi connectivity index (χ4n) is 2.87. The number of rotatable bonds is 5. The zero-order valence-electron chi connectivity index (χ0n) is 14.0. The summed E-state index contributed by atoms with van der Waals surface area (Å²) in [5.74, 6) is -0.0878. The van der Waals surface area contributed by atoms with Gasteiger partial charge in [0.15, 0.2) is 0 Å². The van der Waals surface area contributed by atoms with E-state index < -0.39 is 0 Å². The Morgan fingerprint density at radius 2 is 2.26 bits per heavy atom. The third kappa shape index (κ3) is 5.06. The highest BCUT2D eigenvalue weighted by atomic mass is 35.5. The van der Waals surface area contributed by atoms with E-state index in [-0.39, 0.29) is 11.9 Å². The molecular weight excluding hydrogens is 312 g/mol. The summed E-state index contributed by atoms with van der Waals surface area (Å²) in [6.07, 6.45) is 1.61. The first-order chi connectivity index (χ1) is 11.0. The number of allylic oxidation sites excluding steroid dienone is 1. The highest BCUT2D eigenvalue weighted by Crippen LogP contribution is 2.22. The number of halogens is 1. The lowest BCUT2D eigenvalue weighted by molar-refractivity contribution is -0.116. The fraction of sp³-hybridized carbons (Fsp3) is 0.500. The summed E-state index contributed by atoms with van der Waals surface area (Å²) in [6, 6.07) is 8.21. The Balaban J connectivity index is 1.89. The summed E-state index contributed by atoms with van der Waals surface area (Å²) in [5, 5.41) is 3.64. The molecule has 4 nitrogen and oxygen atoms in total. The standard InChI is InChI=1S/C18H25ClN2O2/c1-13(16-6-4-5-7-17(16)19)10-18(22)20-11-14(2)21-8-9-23-12-15(21)3/h4-7,10,14-15H,8-9,11-12H2,1-3H3,(H,20,22)/b13-10-. The largest absolute Gasteiger partial charge is 0.379 e. The van der Waals surface area contributed by atoms with Crippen molar-refractivity contribution in [3.05, 3.63) is 40.9 Å². The van der Waals surface area contributed by atoms with E-state index in [0.29, 0.717) is 17.6 Å². The van der Waals surface area contributed by atoms with Gasteiger partial charge in [-0.25, -0.2) is 0 Å². The van der Waals surface area contributed by atoms with E-state index in [9.17, 15) is 4.79 Å². The van der Waals surface area contributed by atoms with Crippen molar-refractivity contribution in [1.29, 1.82) is 0 Å². The van der Waals surface area contributed by atoms with Crippen LogP contribution in [0.5, 0.6) is 0 Å². The molecule has 0 aliphatic carbocycles. The van der Waals surface area contributed by atoms with Crippen LogP contribution in [0.15, 0.2) is 30.3 Å². The molecule has 1 aromatic rings. The van der Waals surface area contributed by atoms with Gasteiger partial charge in [-0.1, -0.05) is 29.8 Å². The van der Waals surface area contributed by atoms with Gasteiger partial charge in [-0.15, -0.1) is 0 Å². The van der Waals surface area contributed by atoms with Gasteiger partial charge in [0.25, 0.3) is 0 Å². The zero-order valence-corrected chi connectivity index (χ0v) is 14.8. The molecule has 1 heterocycles. The maximum absolute atomic E-state index is 12.1. The van der Waals surface area contributed by atoms with Gasteiger partial charge in [0.1, 0.15) is 0 Å². The van der Waals surface area contributed by atoms with Crippen LogP contribution in [0, 0.1) is 0 Å². The summed E-state index contributed by atoms with van der Waals surface area (Å²) in [6.45, 7) is 9.22. The third-order valence-electron chi connectivity index (χ3n) is 4.20. The Kier molecular flexibility index (Phi) is 6.63. The van der Waals surface area contributed by atoms with Crippen LogP contribution >= 0.6 is 11.6 Å². The number of ether oxygens (including phenoxy) is 1. The number of benzene rings is 1. The molecule has 0 spiro atoms. The molecule has 0 bridgehead atoms. The van der Waals surface area contributed by atoms with Gasteiger partial charge < -0.3 is 10.1 Å². The Morgan fingerprint density at radius 1 is 1.52 bits per heavy atom. The number of hydrogen-bond donors (Lipinski definition) is 1. The van der Waals surface area contributed by atoms with Crippen molar-refractivity contribution in [2.45, 2.75) is 32.9 Å². The van der Waals surface area contributed by atoms with Gasteiger partial charge in [-0.3, -0.25) is 9.69 Å². The monoisotopic (exact) mass is 336 g/mol. The number of nitrogens with zero attached hydrogens (tertiary/aromatic N) is 1. The quantitative estimate of drug-likeness (QED) is 0.840. The average molecular weight is 337 g/mol. The van der Waals surface area contributed by atoms with Gasteiger partial charge in [-0.05, 0) is 38.0 Å². The minimum absolute atomic E-state index is 0.0878. The number of carbonyl (C=O) groups excluding carboxylic acids is 1. The molecular formula is C18H25ClN2O2. The lowest BCUT2D eigenvalue weighted by Crippen LogP contribution is -2.51. The van der Waals surface area contributed by atoms with Crippen LogP contribution in [0.1, 0.15) is 26.3 Å². The number of hydrogen-bond acceptors (Lipinski definition) is 3. The van der Waals surface area contributed by atoms with Crippen LogP contribution in [0.2, 0.25) is 5.02 Å². The number of nitrogens with one attached hydrogen (secondary N) is 1. The summed E-state index contributed by atoms with van der Waals surface area (Å²) in [7, 11) is 0. The topological polar surface area (TPSA) is 41.6 Å². The van der Waals surface area contributed by atoms with Crippen molar-refractivity contribution in [3.63, 3.8) is 0 Å². The molecule has 1 fully saturated rings. The van der Waals surface area contributed by atoms with E-state index >= 15 is 0 Å². The summed E-state index contributed by atoms with van der Waals surface area (Å²) < 4.78 is 5.45. The van der Waals surface area contributed by atoms with Crippen LogP contribution in [-0.2, 0) is 9.53 Å². The van der Waals surface area contributed by atoms with E-state index in [4.69, 9.17) is 16.3 Å².